The Kier molecular flexibility index (Phi) is 6.74. The molecule has 176 valence electrons. The number of hydrogen-bond acceptors (Lipinski definition) is 6. The molecule has 2 aliphatic rings. The molecule has 0 bridgehead atoms. The Morgan fingerprint density at radius 3 is 2.58 bits per heavy atom. The summed E-state index contributed by atoms with van der Waals surface area (Å²) in [5.41, 5.74) is 2.31. The summed E-state index contributed by atoms with van der Waals surface area (Å²) in [6.45, 7) is 9.37. The highest BCUT2D eigenvalue weighted by Crippen LogP contribution is 2.38. The number of carbonyl (C=O) groups is 1. The number of ether oxygens (including phenoxy) is 1. The fourth-order valence-electron chi connectivity index (χ4n) is 4.04. The molecule has 2 aromatic rings. The molecule has 2 fully saturated rings. The van der Waals surface area contributed by atoms with E-state index < -0.39 is 18.3 Å². The van der Waals surface area contributed by atoms with Gasteiger partial charge in [0.2, 0.25) is 11.8 Å². The highest BCUT2D eigenvalue weighted by Gasteiger charge is 2.52. The van der Waals surface area contributed by atoms with Crippen LogP contribution in [-0.4, -0.2) is 48.9 Å². The fourth-order valence-corrected chi connectivity index (χ4v) is 4.35. The van der Waals surface area contributed by atoms with Gasteiger partial charge in [-0.05, 0) is 40.2 Å². The largest absolute Gasteiger partial charge is 0.496 e. The van der Waals surface area contributed by atoms with E-state index in [0.29, 0.717) is 36.1 Å². The van der Waals surface area contributed by atoms with Gasteiger partial charge in [-0.3, -0.25) is 4.79 Å². The standard InChI is InChI=1S/C24H31BClN3O4/c1-23(2)24(3,4)33-25(32-23)18-8-6-7-17(21(18)26)19-11-9-15(22(29-19)31-5)13-27-14-16-10-12-20(30)28-16/h6-9,11,16,27H,10,12-14H2,1-5H3,(H,28,30). The number of nitrogens with zero attached hydrogens (tertiary/aromatic N) is 1. The van der Waals surface area contributed by atoms with Crippen molar-refractivity contribution in [3.63, 3.8) is 0 Å². The molecule has 1 aromatic carbocycles. The van der Waals surface area contributed by atoms with Gasteiger partial charge < -0.3 is 24.7 Å². The predicted octanol–water partition coefficient (Wildman–Crippen LogP) is 3.08. The van der Waals surface area contributed by atoms with E-state index in [2.05, 4.69) is 10.6 Å². The molecule has 3 heterocycles. The molecule has 9 heteroatoms. The Balaban J connectivity index is 1.52. The van der Waals surface area contributed by atoms with Crippen molar-refractivity contribution in [2.75, 3.05) is 13.7 Å². The van der Waals surface area contributed by atoms with Crippen molar-refractivity contribution in [3.8, 4) is 17.1 Å². The third kappa shape index (κ3) is 4.89. The summed E-state index contributed by atoms with van der Waals surface area (Å²) < 4.78 is 17.9. The van der Waals surface area contributed by atoms with E-state index >= 15 is 0 Å². The molecule has 1 unspecified atom stereocenters. The van der Waals surface area contributed by atoms with Crippen LogP contribution in [0.3, 0.4) is 0 Å². The van der Waals surface area contributed by atoms with Gasteiger partial charge >= 0.3 is 7.12 Å². The van der Waals surface area contributed by atoms with Crippen LogP contribution in [0.5, 0.6) is 5.88 Å². The van der Waals surface area contributed by atoms with Crippen molar-refractivity contribution in [1.82, 2.24) is 15.6 Å². The molecule has 0 radical (unpaired) electrons. The molecule has 2 N–H and O–H groups in total. The maximum absolute atomic E-state index is 11.4. The van der Waals surface area contributed by atoms with Crippen LogP contribution >= 0.6 is 11.6 Å². The van der Waals surface area contributed by atoms with Crippen LogP contribution in [0.15, 0.2) is 30.3 Å². The topological polar surface area (TPSA) is 81.7 Å². The minimum absolute atomic E-state index is 0.116. The van der Waals surface area contributed by atoms with E-state index in [4.69, 9.17) is 30.6 Å². The summed E-state index contributed by atoms with van der Waals surface area (Å²) >= 11 is 6.83. The van der Waals surface area contributed by atoms with Gasteiger partial charge in [0.25, 0.3) is 0 Å². The molecular formula is C24H31BClN3O4. The summed E-state index contributed by atoms with van der Waals surface area (Å²) in [7, 11) is 1.05. The third-order valence-electron chi connectivity index (χ3n) is 6.74. The molecule has 7 nitrogen and oxygen atoms in total. The van der Waals surface area contributed by atoms with E-state index in [1.807, 2.05) is 58.0 Å². The van der Waals surface area contributed by atoms with E-state index in [-0.39, 0.29) is 11.9 Å². The molecule has 1 amide bonds. The minimum atomic E-state index is -0.552. The molecule has 2 aliphatic heterocycles. The molecule has 4 rings (SSSR count). The Morgan fingerprint density at radius 1 is 1.21 bits per heavy atom. The number of carbonyl (C=O) groups excluding carboxylic acids is 1. The maximum atomic E-state index is 11.4. The highest BCUT2D eigenvalue weighted by molar-refractivity contribution is 6.66. The molecule has 1 aromatic heterocycles. The Bertz CT molecular complexity index is 1030. The van der Waals surface area contributed by atoms with E-state index in [0.717, 1.165) is 23.0 Å². The monoisotopic (exact) mass is 471 g/mol. The van der Waals surface area contributed by atoms with Crippen LogP contribution in [0.4, 0.5) is 0 Å². The first kappa shape index (κ1) is 24.0. The van der Waals surface area contributed by atoms with Crippen molar-refractivity contribution in [1.29, 1.82) is 0 Å². The summed E-state index contributed by atoms with van der Waals surface area (Å²) in [6, 6.07) is 9.88. The van der Waals surface area contributed by atoms with Crippen molar-refractivity contribution < 1.29 is 18.8 Å². The minimum Gasteiger partial charge on any atom is -0.481 e. The van der Waals surface area contributed by atoms with Crippen molar-refractivity contribution >= 4 is 30.1 Å². The van der Waals surface area contributed by atoms with Crippen LogP contribution in [0, 0.1) is 0 Å². The molecule has 0 spiro atoms. The first-order chi connectivity index (χ1) is 15.6. The number of nitrogens with one attached hydrogen (secondary N) is 2. The quantitative estimate of drug-likeness (QED) is 0.604. The molecule has 0 aliphatic carbocycles. The van der Waals surface area contributed by atoms with Crippen molar-refractivity contribution in [3.05, 3.63) is 40.9 Å². The number of methoxy groups -OCH3 is 1. The zero-order chi connectivity index (χ0) is 23.8. The molecular weight excluding hydrogens is 441 g/mol. The molecule has 1 atom stereocenters. The fraction of sp³-hybridized carbons (Fsp3) is 0.500. The molecule has 2 saturated heterocycles. The van der Waals surface area contributed by atoms with Gasteiger partial charge in [-0.25, -0.2) is 4.98 Å². The lowest BCUT2D eigenvalue weighted by Gasteiger charge is -2.32. The maximum Gasteiger partial charge on any atom is 0.496 e. The number of aromatic nitrogens is 1. The van der Waals surface area contributed by atoms with Crippen LogP contribution in [-0.2, 0) is 20.6 Å². The second-order valence-corrected chi connectivity index (χ2v) is 9.97. The van der Waals surface area contributed by atoms with E-state index in [1.165, 1.54) is 0 Å². The van der Waals surface area contributed by atoms with Crippen LogP contribution in [0.2, 0.25) is 5.02 Å². The number of rotatable bonds is 7. The zero-order valence-electron chi connectivity index (χ0n) is 19.8. The van der Waals surface area contributed by atoms with Gasteiger partial charge in [-0.2, -0.15) is 0 Å². The number of benzene rings is 1. The lowest BCUT2D eigenvalue weighted by molar-refractivity contribution is -0.119. The van der Waals surface area contributed by atoms with Crippen molar-refractivity contribution in [2.45, 2.75) is 64.3 Å². The molecule has 33 heavy (non-hydrogen) atoms. The van der Waals surface area contributed by atoms with Gasteiger partial charge in [0.05, 0.1) is 24.0 Å². The second kappa shape index (κ2) is 9.26. The third-order valence-corrected chi connectivity index (χ3v) is 7.16. The Hall–Kier alpha value is -2.13. The van der Waals surface area contributed by atoms with Crippen LogP contribution in [0.25, 0.3) is 11.3 Å². The van der Waals surface area contributed by atoms with Gasteiger partial charge in [-0.1, -0.05) is 35.9 Å². The average Bonchev–Trinajstić information content (AvgIpc) is 3.27. The van der Waals surface area contributed by atoms with Gasteiger partial charge in [0, 0.05) is 47.2 Å². The summed E-state index contributed by atoms with van der Waals surface area (Å²) in [5, 5.41) is 6.89. The van der Waals surface area contributed by atoms with Gasteiger partial charge in [-0.15, -0.1) is 0 Å². The predicted molar refractivity (Wildman–Crippen MR) is 130 cm³/mol. The number of pyridine rings is 1. The molecule has 0 saturated carbocycles. The highest BCUT2D eigenvalue weighted by atomic mass is 35.5. The smallest absolute Gasteiger partial charge is 0.481 e. The Morgan fingerprint density at radius 2 is 1.94 bits per heavy atom. The summed E-state index contributed by atoms with van der Waals surface area (Å²) in [5.74, 6) is 0.651. The number of halogens is 1. The average molecular weight is 472 g/mol. The number of hydrogen-bond donors (Lipinski definition) is 2. The Labute approximate surface area is 200 Å². The van der Waals surface area contributed by atoms with Crippen molar-refractivity contribution in [2.24, 2.45) is 0 Å². The van der Waals surface area contributed by atoms with E-state index in [1.54, 1.807) is 7.11 Å². The zero-order valence-corrected chi connectivity index (χ0v) is 20.6. The van der Waals surface area contributed by atoms with Gasteiger partial charge in [0.15, 0.2) is 0 Å². The summed E-state index contributed by atoms with van der Waals surface area (Å²) in [4.78, 5) is 16.1. The normalized spacial score (nSPS) is 21.3. The lowest BCUT2D eigenvalue weighted by atomic mass is 9.78. The van der Waals surface area contributed by atoms with Gasteiger partial charge in [0.1, 0.15) is 0 Å². The first-order valence-electron chi connectivity index (χ1n) is 11.3. The second-order valence-electron chi connectivity index (χ2n) is 9.60. The van der Waals surface area contributed by atoms with E-state index in [9.17, 15) is 4.79 Å². The lowest BCUT2D eigenvalue weighted by Crippen LogP contribution is -2.41. The van der Waals surface area contributed by atoms with Crippen LogP contribution < -0.4 is 20.8 Å². The van der Waals surface area contributed by atoms with Crippen LogP contribution in [0.1, 0.15) is 46.1 Å². The first-order valence-corrected chi connectivity index (χ1v) is 11.7. The SMILES string of the molecule is COc1nc(-c2cccc(B3OC(C)(C)C(C)(C)O3)c2Cl)ccc1CNCC1CCC(=O)N1. The number of amides is 1. The summed E-state index contributed by atoms with van der Waals surface area (Å²) in [6.07, 6.45) is 1.45.